The van der Waals surface area contributed by atoms with Crippen LogP contribution >= 0.6 is 11.3 Å². The number of carbonyl (C=O) groups is 3. The predicted octanol–water partition coefficient (Wildman–Crippen LogP) is 0.360. The molecule has 8 heteroatoms. The first-order valence-corrected chi connectivity index (χ1v) is 6.79. The Labute approximate surface area is 119 Å². The number of rotatable bonds is 5. The maximum atomic E-state index is 11.7. The summed E-state index contributed by atoms with van der Waals surface area (Å²) in [6.07, 6.45) is 0.502. The average Bonchev–Trinajstić information content (AvgIpc) is 2.91. The minimum atomic E-state index is -0.899. The van der Waals surface area contributed by atoms with Crippen LogP contribution in [0.25, 0.3) is 0 Å². The number of esters is 1. The van der Waals surface area contributed by atoms with Crippen molar-refractivity contribution in [2.24, 2.45) is 0 Å². The van der Waals surface area contributed by atoms with Crippen LogP contribution in [0.15, 0.2) is 11.4 Å². The number of aliphatic hydroxyl groups excluding tert-OH is 1. The Morgan fingerprint density at radius 2 is 2.10 bits per heavy atom. The van der Waals surface area contributed by atoms with Gasteiger partial charge in [0.25, 0.3) is 0 Å². The molecule has 3 N–H and O–H groups in total. The van der Waals surface area contributed by atoms with Crippen molar-refractivity contribution in [3.05, 3.63) is 17.0 Å². The van der Waals surface area contributed by atoms with E-state index in [0.29, 0.717) is 6.42 Å². The number of methoxy groups -OCH3 is 1. The van der Waals surface area contributed by atoms with Crippen LogP contribution in [0.1, 0.15) is 23.7 Å². The van der Waals surface area contributed by atoms with E-state index in [2.05, 4.69) is 15.4 Å². The summed E-state index contributed by atoms with van der Waals surface area (Å²) in [6.45, 7) is 1.52. The smallest absolute Gasteiger partial charge is 0.340 e. The van der Waals surface area contributed by atoms with Crippen molar-refractivity contribution in [2.75, 3.05) is 19.0 Å². The summed E-state index contributed by atoms with van der Waals surface area (Å²) in [7, 11) is 1.23. The van der Waals surface area contributed by atoms with E-state index in [1.54, 1.807) is 12.3 Å². The summed E-state index contributed by atoms with van der Waals surface area (Å²) < 4.78 is 4.56. The molecule has 1 aromatic heterocycles. The Morgan fingerprint density at radius 1 is 1.40 bits per heavy atom. The highest BCUT2D eigenvalue weighted by Crippen LogP contribution is 2.23. The molecule has 0 aliphatic carbocycles. The minimum absolute atomic E-state index is 0.188. The van der Waals surface area contributed by atoms with Crippen LogP contribution in [-0.2, 0) is 14.3 Å². The Kier molecular flexibility index (Phi) is 6.13. The monoisotopic (exact) mass is 300 g/mol. The number of hydrogen-bond acceptors (Lipinski definition) is 6. The Bertz CT molecular complexity index is 496. The van der Waals surface area contributed by atoms with Crippen molar-refractivity contribution in [2.45, 2.75) is 19.4 Å². The highest BCUT2D eigenvalue weighted by atomic mass is 32.1. The highest BCUT2D eigenvalue weighted by Gasteiger charge is 2.21. The van der Waals surface area contributed by atoms with Gasteiger partial charge in [0, 0.05) is 0 Å². The number of aliphatic hydroxyl groups is 1. The maximum absolute atomic E-state index is 11.7. The molecular formula is C12H16N2O5S. The van der Waals surface area contributed by atoms with E-state index in [0.717, 1.165) is 11.3 Å². The van der Waals surface area contributed by atoms with Gasteiger partial charge in [-0.25, -0.2) is 4.79 Å². The molecule has 0 fully saturated rings. The van der Waals surface area contributed by atoms with Gasteiger partial charge in [-0.15, -0.1) is 11.3 Å². The third-order valence-electron chi connectivity index (χ3n) is 2.55. The lowest BCUT2D eigenvalue weighted by Gasteiger charge is -2.13. The largest absolute Gasteiger partial charge is 0.465 e. The Hall–Kier alpha value is -1.93. The molecule has 110 valence electrons. The molecule has 0 spiro atoms. The first-order valence-electron chi connectivity index (χ1n) is 5.92. The third-order valence-corrected chi connectivity index (χ3v) is 3.38. The molecule has 1 rings (SSSR count). The highest BCUT2D eigenvalue weighted by molar-refractivity contribution is 7.14. The minimum Gasteiger partial charge on any atom is -0.465 e. The van der Waals surface area contributed by atoms with Gasteiger partial charge in [0.2, 0.25) is 0 Å². The molecule has 1 atom stereocenters. The molecule has 20 heavy (non-hydrogen) atoms. The Balaban J connectivity index is 2.69. The zero-order chi connectivity index (χ0) is 15.1. The van der Waals surface area contributed by atoms with Gasteiger partial charge >= 0.3 is 17.8 Å². The van der Waals surface area contributed by atoms with Gasteiger partial charge in [-0.2, -0.15) is 0 Å². The summed E-state index contributed by atoms with van der Waals surface area (Å²) in [5.41, 5.74) is 0.188. The van der Waals surface area contributed by atoms with E-state index in [-0.39, 0.29) is 17.2 Å². The standard InChI is InChI=1S/C12H16N2O5S/c1-3-7(6-15)13-9(16)10(17)14-11-8(4-5-20-11)12(18)19-2/h4-5,7,15H,3,6H2,1-2H3,(H,13,16)(H,14,17). The second kappa shape index (κ2) is 7.61. The molecule has 1 unspecified atom stereocenters. The summed E-state index contributed by atoms with van der Waals surface area (Å²) in [5.74, 6) is -2.36. The van der Waals surface area contributed by atoms with Gasteiger partial charge in [0.15, 0.2) is 0 Å². The van der Waals surface area contributed by atoms with Crippen LogP contribution in [0.4, 0.5) is 5.00 Å². The number of amides is 2. The average molecular weight is 300 g/mol. The van der Waals surface area contributed by atoms with E-state index in [1.165, 1.54) is 13.2 Å². The summed E-state index contributed by atoms with van der Waals surface area (Å²) in [6, 6.07) is 1.02. The van der Waals surface area contributed by atoms with Crippen molar-refractivity contribution in [3.63, 3.8) is 0 Å². The number of ether oxygens (including phenoxy) is 1. The summed E-state index contributed by atoms with van der Waals surface area (Å²) in [4.78, 5) is 34.7. The van der Waals surface area contributed by atoms with Gasteiger partial charge in [-0.05, 0) is 17.9 Å². The van der Waals surface area contributed by atoms with E-state index in [1.807, 2.05) is 0 Å². The molecule has 0 bridgehead atoms. The molecule has 1 heterocycles. The van der Waals surface area contributed by atoms with E-state index in [9.17, 15) is 14.4 Å². The molecule has 7 nitrogen and oxygen atoms in total. The van der Waals surface area contributed by atoms with E-state index >= 15 is 0 Å². The van der Waals surface area contributed by atoms with Gasteiger partial charge in [0.1, 0.15) is 5.00 Å². The molecule has 2 amide bonds. The third kappa shape index (κ3) is 4.04. The quantitative estimate of drug-likeness (QED) is 0.538. The second-order valence-corrected chi connectivity index (χ2v) is 4.79. The number of thiophene rings is 1. The SMILES string of the molecule is CCC(CO)NC(=O)C(=O)Nc1sccc1C(=O)OC. The molecule has 1 aromatic rings. The molecule has 0 radical (unpaired) electrons. The topological polar surface area (TPSA) is 105 Å². The van der Waals surface area contributed by atoms with E-state index < -0.39 is 23.8 Å². The molecular weight excluding hydrogens is 284 g/mol. The van der Waals surface area contributed by atoms with Gasteiger partial charge in [-0.1, -0.05) is 6.92 Å². The fourth-order valence-electron chi connectivity index (χ4n) is 1.36. The zero-order valence-electron chi connectivity index (χ0n) is 11.1. The van der Waals surface area contributed by atoms with Gasteiger partial charge in [-0.3, -0.25) is 9.59 Å². The molecule has 0 aliphatic rings. The second-order valence-electron chi connectivity index (χ2n) is 3.87. The lowest BCUT2D eigenvalue weighted by Crippen LogP contribution is -2.43. The van der Waals surface area contributed by atoms with Gasteiger partial charge in [0.05, 0.1) is 25.3 Å². The fraction of sp³-hybridized carbons (Fsp3) is 0.417. The van der Waals surface area contributed by atoms with Crippen LogP contribution in [0, 0.1) is 0 Å². The van der Waals surface area contributed by atoms with Crippen LogP contribution < -0.4 is 10.6 Å². The lowest BCUT2D eigenvalue weighted by atomic mass is 10.2. The van der Waals surface area contributed by atoms with Crippen molar-refractivity contribution >= 4 is 34.1 Å². The van der Waals surface area contributed by atoms with Crippen LogP contribution in [0.5, 0.6) is 0 Å². The molecule has 0 saturated carbocycles. The number of anilines is 1. The lowest BCUT2D eigenvalue weighted by molar-refractivity contribution is -0.136. The Morgan fingerprint density at radius 3 is 2.65 bits per heavy atom. The molecule has 0 aromatic carbocycles. The fourth-order valence-corrected chi connectivity index (χ4v) is 2.13. The molecule has 0 saturated heterocycles. The summed E-state index contributed by atoms with van der Waals surface area (Å²) in [5, 5.41) is 15.5. The van der Waals surface area contributed by atoms with Crippen LogP contribution in [0.3, 0.4) is 0 Å². The summed E-state index contributed by atoms with van der Waals surface area (Å²) >= 11 is 1.11. The first-order chi connectivity index (χ1) is 9.53. The van der Waals surface area contributed by atoms with Crippen molar-refractivity contribution in [3.8, 4) is 0 Å². The van der Waals surface area contributed by atoms with E-state index in [4.69, 9.17) is 5.11 Å². The number of nitrogens with one attached hydrogen (secondary N) is 2. The predicted molar refractivity (Wildman–Crippen MR) is 73.6 cm³/mol. The molecule has 0 aliphatic heterocycles. The van der Waals surface area contributed by atoms with Crippen molar-refractivity contribution in [1.82, 2.24) is 5.32 Å². The normalized spacial score (nSPS) is 11.6. The van der Waals surface area contributed by atoms with Crippen molar-refractivity contribution < 1.29 is 24.2 Å². The number of carbonyl (C=O) groups excluding carboxylic acids is 3. The number of hydrogen-bond donors (Lipinski definition) is 3. The van der Waals surface area contributed by atoms with Crippen LogP contribution in [-0.4, -0.2) is 42.6 Å². The maximum Gasteiger partial charge on any atom is 0.340 e. The van der Waals surface area contributed by atoms with Crippen molar-refractivity contribution in [1.29, 1.82) is 0 Å². The first kappa shape index (κ1) is 16.1. The van der Waals surface area contributed by atoms with Gasteiger partial charge < -0.3 is 20.5 Å². The van der Waals surface area contributed by atoms with Crippen LogP contribution in [0.2, 0.25) is 0 Å². The zero-order valence-corrected chi connectivity index (χ0v) is 12.0.